The maximum Gasteiger partial charge on any atom is 0.233 e. The second-order valence-corrected chi connectivity index (χ2v) is 10.6. The molecule has 0 N–H and O–H groups in total. The van der Waals surface area contributed by atoms with Gasteiger partial charge in [-0.1, -0.05) is 56.8 Å². The van der Waals surface area contributed by atoms with Crippen LogP contribution in [-0.2, 0) is 10.2 Å². The van der Waals surface area contributed by atoms with Crippen LogP contribution in [0.5, 0.6) is 5.75 Å². The average Bonchev–Trinajstić information content (AvgIpc) is 3.26. The van der Waals surface area contributed by atoms with Gasteiger partial charge in [-0.15, -0.1) is 10.2 Å². The van der Waals surface area contributed by atoms with E-state index in [0.29, 0.717) is 10.9 Å². The fourth-order valence-electron chi connectivity index (χ4n) is 3.91. The average molecular weight is 480 g/mol. The minimum atomic E-state index is 0.0762. The van der Waals surface area contributed by atoms with Crippen LogP contribution >= 0.6 is 11.8 Å². The molecule has 2 heterocycles. The highest BCUT2D eigenvalue weighted by atomic mass is 32.2. The smallest absolute Gasteiger partial charge is 0.233 e. The topological polar surface area (TPSA) is 63.5 Å². The van der Waals surface area contributed by atoms with Gasteiger partial charge >= 0.3 is 0 Å². The van der Waals surface area contributed by atoms with E-state index < -0.39 is 0 Å². The van der Waals surface area contributed by atoms with Gasteiger partial charge in [0.1, 0.15) is 5.75 Å². The third-order valence-corrected chi connectivity index (χ3v) is 7.07. The molecular weight excluding hydrogens is 446 g/mol. The van der Waals surface area contributed by atoms with Gasteiger partial charge in [0.05, 0.1) is 12.9 Å². The summed E-state index contributed by atoms with van der Waals surface area (Å²) in [5.74, 6) is 2.01. The van der Waals surface area contributed by atoms with Crippen LogP contribution in [0.2, 0.25) is 0 Å². The summed E-state index contributed by atoms with van der Waals surface area (Å²) in [6.45, 7) is 9.97. The molecule has 3 aromatic rings. The van der Waals surface area contributed by atoms with E-state index in [9.17, 15) is 4.79 Å². The molecular formula is C26H33N5O2S. The Morgan fingerprint density at radius 2 is 1.62 bits per heavy atom. The molecule has 8 heteroatoms. The number of hydrogen-bond donors (Lipinski definition) is 0. The molecule has 1 amide bonds. The summed E-state index contributed by atoms with van der Waals surface area (Å²) < 4.78 is 7.35. The number of methoxy groups -OCH3 is 1. The molecule has 4 rings (SSSR count). The van der Waals surface area contributed by atoms with Crippen LogP contribution in [-0.4, -0.2) is 76.6 Å². The Balaban J connectivity index is 1.62. The van der Waals surface area contributed by atoms with Crippen molar-refractivity contribution in [2.24, 2.45) is 0 Å². The van der Waals surface area contributed by atoms with Gasteiger partial charge in [-0.05, 0) is 42.3 Å². The molecule has 1 aliphatic heterocycles. The predicted octanol–water partition coefficient (Wildman–Crippen LogP) is 4.11. The number of benzene rings is 2. The van der Waals surface area contributed by atoms with Gasteiger partial charge in [-0.2, -0.15) is 0 Å². The molecule has 1 aromatic heterocycles. The Morgan fingerprint density at radius 3 is 2.21 bits per heavy atom. The number of aromatic nitrogens is 3. The lowest BCUT2D eigenvalue weighted by Crippen LogP contribution is -2.47. The molecule has 0 radical (unpaired) electrons. The second kappa shape index (κ2) is 10.2. The zero-order valence-corrected chi connectivity index (χ0v) is 21.4. The molecule has 1 fully saturated rings. The summed E-state index contributed by atoms with van der Waals surface area (Å²) in [6.07, 6.45) is 0. The molecule has 0 bridgehead atoms. The van der Waals surface area contributed by atoms with E-state index in [2.05, 4.69) is 67.2 Å². The monoisotopic (exact) mass is 479 g/mol. The Kier molecular flexibility index (Phi) is 7.28. The molecule has 1 saturated heterocycles. The Hall–Kier alpha value is -2.84. The zero-order chi connectivity index (χ0) is 24.3. The first kappa shape index (κ1) is 24.3. The van der Waals surface area contributed by atoms with Crippen LogP contribution in [0.4, 0.5) is 0 Å². The number of thioether (sulfide) groups is 1. The summed E-state index contributed by atoms with van der Waals surface area (Å²) in [7, 11) is 3.74. The maximum atomic E-state index is 12.8. The van der Waals surface area contributed by atoms with Crippen LogP contribution in [0.1, 0.15) is 26.3 Å². The maximum absolute atomic E-state index is 12.8. The minimum absolute atomic E-state index is 0.0762. The fraction of sp³-hybridized carbons (Fsp3) is 0.423. The Morgan fingerprint density at radius 1 is 0.971 bits per heavy atom. The van der Waals surface area contributed by atoms with E-state index >= 15 is 0 Å². The van der Waals surface area contributed by atoms with E-state index in [1.807, 2.05) is 33.7 Å². The minimum Gasteiger partial charge on any atom is -0.497 e. The largest absolute Gasteiger partial charge is 0.497 e. The van der Waals surface area contributed by atoms with Crippen molar-refractivity contribution in [2.45, 2.75) is 31.3 Å². The standard InChI is InChI=1S/C26H33N5O2S/c1-26(2,3)20-8-6-19(7-9-20)24-27-28-25(31(24)21-10-12-22(33-5)13-11-21)34-18-23(32)30-16-14-29(4)15-17-30/h6-13H,14-18H2,1-5H3. The van der Waals surface area contributed by atoms with Crippen molar-refractivity contribution in [3.63, 3.8) is 0 Å². The molecule has 7 nitrogen and oxygen atoms in total. The first-order chi connectivity index (χ1) is 16.3. The number of ether oxygens (including phenoxy) is 1. The number of likely N-dealkylation sites (N-methyl/N-ethyl adjacent to an activating group) is 1. The van der Waals surface area contributed by atoms with Gasteiger partial charge in [0, 0.05) is 37.4 Å². The number of piperazine rings is 1. The summed E-state index contributed by atoms with van der Waals surface area (Å²) in [5, 5.41) is 9.70. The Bertz CT molecular complexity index is 1110. The molecule has 0 saturated carbocycles. The van der Waals surface area contributed by atoms with Gasteiger partial charge in [-0.25, -0.2) is 0 Å². The summed E-state index contributed by atoms with van der Waals surface area (Å²) in [6, 6.07) is 16.3. The third kappa shape index (κ3) is 5.45. The molecule has 0 atom stereocenters. The quantitative estimate of drug-likeness (QED) is 0.496. The highest BCUT2D eigenvalue weighted by Crippen LogP contribution is 2.31. The SMILES string of the molecule is COc1ccc(-n2c(SCC(=O)N3CCN(C)CC3)nnc2-c2ccc(C(C)(C)C)cc2)cc1. The molecule has 180 valence electrons. The third-order valence-electron chi connectivity index (χ3n) is 6.15. The summed E-state index contributed by atoms with van der Waals surface area (Å²) in [5.41, 5.74) is 3.25. The van der Waals surface area contributed by atoms with Crippen molar-refractivity contribution in [2.75, 3.05) is 46.1 Å². The second-order valence-electron chi connectivity index (χ2n) is 9.64. The zero-order valence-electron chi connectivity index (χ0n) is 20.6. The van der Waals surface area contributed by atoms with Crippen molar-refractivity contribution in [1.29, 1.82) is 0 Å². The van der Waals surface area contributed by atoms with Crippen LogP contribution < -0.4 is 4.74 Å². The number of carbonyl (C=O) groups is 1. The van der Waals surface area contributed by atoms with Gasteiger partial charge in [0.2, 0.25) is 5.91 Å². The van der Waals surface area contributed by atoms with Gasteiger partial charge < -0.3 is 14.5 Å². The van der Waals surface area contributed by atoms with E-state index in [-0.39, 0.29) is 11.3 Å². The molecule has 0 unspecified atom stereocenters. The van der Waals surface area contributed by atoms with Crippen LogP contribution in [0.3, 0.4) is 0 Å². The number of nitrogens with zero attached hydrogens (tertiary/aromatic N) is 5. The highest BCUT2D eigenvalue weighted by Gasteiger charge is 2.22. The van der Waals surface area contributed by atoms with Crippen molar-refractivity contribution >= 4 is 17.7 Å². The highest BCUT2D eigenvalue weighted by molar-refractivity contribution is 7.99. The Labute approximate surface area is 206 Å². The van der Waals surface area contributed by atoms with Crippen molar-refractivity contribution in [3.8, 4) is 22.8 Å². The molecule has 2 aromatic carbocycles. The first-order valence-electron chi connectivity index (χ1n) is 11.6. The number of carbonyl (C=O) groups excluding carboxylic acids is 1. The van der Waals surface area contributed by atoms with Crippen molar-refractivity contribution < 1.29 is 9.53 Å². The normalized spacial score (nSPS) is 14.9. The predicted molar refractivity (Wildman–Crippen MR) is 137 cm³/mol. The summed E-state index contributed by atoms with van der Waals surface area (Å²) >= 11 is 1.43. The lowest BCUT2D eigenvalue weighted by atomic mass is 9.87. The van der Waals surface area contributed by atoms with Gasteiger partial charge in [0.15, 0.2) is 11.0 Å². The summed E-state index contributed by atoms with van der Waals surface area (Å²) in [4.78, 5) is 17.0. The molecule has 0 spiro atoms. The van der Waals surface area contributed by atoms with Crippen LogP contribution in [0.15, 0.2) is 53.7 Å². The van der Waals surface area contributed by atoms with Crippen LogP contribution in [0, 0.1) is 0 Å². The van der Waals surface area contributed by atoms with E-state index in [0.717, 1.165) is 49.0 Å². The van der Waals surface area contributed by atoms with Gasteiger partial charge in [0.25, 0.3) is 0 Å². The lowest BCUT2D eigenvalue weighted by Gasteiger charge is -2.32. The lowest BCUT2D eigenvalue weighted by molar-refractivity contribution is -0.129. The first-order valence-corrected chi connectivity index (χ1v) is 12.5. The van der Waals surface area contributed by atoms with Crippen molar-refractivity contribution in [1.82, 2.24) is 24.6 Å². The number of hydrogen-bond acceptors (Lipinski definition) is 6. The number of rotatable bonds is 6. The number of amides is 1. The van der Waals surface area contributed by atoms with Gasteiger partial charge in [-0.3, -0.25) is 9.36 Å². The molecule has 1 aliphatic rings. The molecule has 34 heavy (non-hydrogen) atoms. The van der Waals surface area contributed by atoms with E-state index in [4.69, 9.17) is 4.74 Å². The fourth-order valence-corrected chi connectivity index (χ4v) is 4.76. The van der Waals surface area contributed by atoms with Crippen molar-refractivity contribution in [3.05, 3.63) is 54.1 Å². The van der Waals surface area contributed by atoms with E-state index in [1.54, 1.807) is 7.11 Å². The molecule has 0 aliphatic carbocycles. The van der Waals surface area contributed by atoms with E-state index in [1.165, 1.54) is 17.3 Å². The van der Waals surface area contributed by atoms with Crippen LogP contribution in [0.25, 0.3) is 17.1 Å².